The molecule has 2 N–H and O–H groups in total. The van der Waals surface area contributed by atoms with Crippen LogP contribution in [0.15, 0.2) is 11.4 Å². The third-order valence-electron chi connectivity index (χ3n) is 3.89. The molecule has 108 valence electrons. The molecule has 2 unspecified atom stereocenters. The van der Waals surface area contributed by atoms with Gasteiger partial charge in [-0.05, 0) is 61.6 Å². The first-order chi connectivity index (χ1) is 9.16. The summed E-state index contributed by atoms with van der Waals surface area (Å²) in [7, 11) is 0. The van der Waals surface area contributed by atoms with Gasteiger partial charge in [0.25, 0.3) is 0 Å². The largest absolute Gasteiger partial charge is 0.315 e. The van der Waals surface area contributed by atoms with Gasteiger partial charge in [0, 0.05) is 24.0 Å². The van der Waals surface area contributed by atoms with E-state index in [1.54, 1.807) is 10.4 Å². The lowest BCUT2D eigenvalue weighted by Gasteiger charge is -2.25. The van der Waals surface area contributed by atoms with Crippen LogP contribution in [0.1, 0.15) is 50.0 Å². The number of nitrogens with one attached hydrogen (secondary N) is 2. The van der Waals surface area contributed by atoms with Gasteiger partial charge in [0.2, 0.25) is 0 Å². The van der Waals surface area contributed by atoms with E-state index in [2.05, 4.69) is 42.9 Å². The number of hydrogen-bond acceptors (Lipinski definition) is 3. The Morgan fingerprint density at radius 2 is 2.16 bits per heavy atom. The maximum Gasteiger partial charge on any atom is 0.0164 e. The van der Waals surface area contributed by atoms with Gasteiger partial charge in [0.1, 0.15) is 0 Å². The molecule has 1 heterocycles. The molecule has 3 heteroatoms. The van der Waals surface area contributed by atoms with Crippen LogP contribution in [0.2, 0.25) is 0 Å². The van der Waals surface area contributed by atoms with Crippen molar-refractivity contribution >= 4 is 11.3 Å². The molecule has 0 amide bonds. The summed E-state index contributed by atoms with van der Waals surface area (Å²) < 4.78 is 0. The molecule has 0 saturated heterocycles. The molecule has 1 aliphatic carbocycles. The van der Waals surface area contributed by atoms with Gasteiger partial charge in [0.15, 0.2) is 0 Å². The standard InChI is InChI=1S/C16H28N2S/c1-12(2)9-17-10-13(3)18-11-14-5-4-6-16-15(14)7-8-19-16/h7-8,12-14,17-18H,4-6,9-11H2,1-3H3. The van der Waals surface area contributed by atoms with Crippen LogP contribution in [0, 0.1) is 5.92 Å². The Labute approximate surface area is 122 Å². The van der Waals surface area contributed by atoms with E-state index in [9.17, 15) is 0 Å². The molecule has 0 fully saturated rings. The lowest BCUT2D eigenvalue weighted by Crippen LogP contribution is -2.39. The molecule has 0 aromatic carbocycles. The van der Waals surface area contributed by atoms with Gasteiger partial charge in [-0.2, -0.15) is 0 Å². The molecule has 2 rings (SSSR count). The van der Waals surface area contributed by atoms with Gasteiger partial charge < -0.3 is 10.6 Å². The molecular formula is C16H28N2S. The second-order valence-electron chi connectivity index (χ2n) is 6.25. The fourth-order valence-corrected chi connectivity index (χ4v) is 3.81. The maximum absolute atomic E-state index is 3.70. The lowest BCUT2D eigenvalue weighted by molar-refractivity contribution is 0.438. The minimum atomic E-state index is 0.558. The summed E-state index contributed by atoms with van der Waals surface area (Å²) in [6.07, 6.45) is 4.01. The molecule has 0 spiro atoms. The molecule has 1 aliphatic rings. The zero-order chi connectivity index (χ0) is 13.7. The molecule has 0 saturated carbocycles. The predicted octanol–water partition coefficient (Wildman–Crippen LogP) is 3.39. The van der Waals surface area contributed by atoms with Crippen LogP contribution in [0.3, 0.4) is 0 Å². The van der Waals surface area contributed by atoms with Crippen LogP contribution in [-0.4, -0.2) is 25.7 Å². The zero-order valence-electron chi connectivity index (χ0n) is 12.5. The highest BCUT2D eigenvalue weighted by Gasteiger charge is 2.21. The van der Waals surface area contributed by atoms with Crippen LogP contribution in [0.5, 0.6) is 0 Å². The second kappa shape index (κ2) is 7.41. The fraction of sp³-hybridized carbons (Fsp3) is 0.750. The molecule has 1 aromatic heterocycles. The minimum Gasteiger partial charge on any atom is -0.315 e. The molecule has 19 heavy (non-hydrogen) atoms. The SMILES string of the molecule is CC(C)CNCC(C)NCC1CCCc2sccc21. The molecule has 1 aromatic rings. The molecule has 2 atom stereocenters. The van der Waals surface area contributed by atoms with Crippen molar-refractivity contribution in [3.05, 3.63) is 21.9 Å². The smallest absolute Gasteiger partial charge is 0.0164 e. The third kappa shape index (κ3) is 4.59. The van der Waals surface area contributed by atoms with Crippen molar-refractivity contribution < 1.29 is 0 Å². The average Bonchev–Trinajstić information content (AvgIpc) is 2.84. The van der Waals surface area contributed by atoms with Crippen molar-refractivity contribution in [3.63, 3.8) is 0 Å². The summed E-state index contributed by atoms with van der Waals surface area (Å²) in [6, 6.07) is 2.90. The Balaban J connectivity index is 1.71. The quantitative estimate of drug-likeness (QED) is 0.800. The Kier molecular flexibility index (Phi) is 5.86. The Hall–Kier alpha value is -0.380. The lowest BCUT2D eigenvalue weighted by atomic mass is 9.87. The van der Waals surface area contributed by atoms with E-state index in [-0.39, 0.29) is 0 Å². The van der Waals surface area contributed by atoms with E-state index in [1.165, 1.54) is 19.3 Å². The first kappa shape index (κ1) is 15.0. The first-order valence-corrected chi connectivity index (χ1v) is 8.55. The van der Waals surface area contributed by atoms with Crippen molar-refractivity contribution in [2.45, 2.75) is 52.0 Å². The normalized spacial score (nSPS) is 20.5. The van der Waals surface area contributed by atoms with E-state index in [0.717, 1.165) is 31.5 Å². The zero-order valence-corrected chi connectivity index (χ0v) is 13.4. The van der Waals surface area contributed by atoms with Crippen LogP contribution >= 0.6 is 11.3 Å². The fourth-order valence-electron chi connectivity index (χ4n) is 2.80. The number of aryl methyl sites for hydroxylation is 1. The first-order valence-electron chi connectivity index (χ1n) is 7.67. The monoisotopic (exact) mass is 280 g/mol. The predicted molar refractivity (Wildman–Crippen MR) is 85.2 cm³/mol. The number of rotatable bonds is 7. The van der Waals surface area contributed by atoms with Crippen LogP contribution < -0.4 is 10.6 Å². The summed E-state index contributed by atoms with van der Waals surface area (Å²) in [5.74, 6) is 1.47. The van der Waals surface area contributed by atoms with Crippen LogP contribution in [-0.2, 0) is 6.42 Å². The highest BCUT2D eigenvalue weighted by atomic mass is 32.1. The van der Waals surface area contributed by atoms with Gasteiger partial charge in [-0.25, -0.2) is 0 Å². The number of thiophene rings is 1. The van der Waals surface area contributed by atoms with Crippen molar-refractivity contribution in [1.29, 1.82) is 0 Å². The highest BCUT2D eigenvalue weighted by molar-refractivity contribution is 7.10. The molecule has 2 nitrogen and oxygen atoms in total. The van der Waals surface area contributed by atoms with E-state index in [1.807, 2.05) is 11.3 Å². The Morgan fingerprint density at radius 1 is 1.32 bits per heavy atom. The summed E-state index contributed by atoms with van der Waals surface area (Å²) in [6.45, 7) is 10.1. The van der Waals surface area contributed by atoms with Crippen molar-refractivity contribution in [2.75, 3.05) is 19.6 Å². The molecule has 0 bridgehead atoms. The van der Waals surface area contributed by atoms with Gasteiger partial charge in [-0.1, -0.05) is 13.8 Å². The summed E-state index contributed by atoms with van der Waals surface area (Å²) >= 11 is 1.94. The summed E-state index contributed by atoms with van der Waals surface area (Å²) in [5, 5.41) is 9.49. The van der Waals surface area contributed by atoms with Crippen LogP contribution in [0.4, 0.5) is 0 Å². The third-order valence-corrected chi connectivity index (χ3v) is 4.89. The van der Waals surface area contributed by atoms with E-state index >= 15 is 0 Å². The summed E-state index contributed by atoms with van der Waals surface area (Å²) in [5.41, 5.74) is 1.62. The Morgan fingerprint density at radius 3 is 2.95 bits per heavy atom. The highest BCUT2D eigenvalue weighted by Crippen LogP contribution is 2.34. The summed E-state index contributed by atoms with van der Waals surface area (Å²) in [4.78, 5) is 1.63. The van der Waals surface area contributed by atoms with Gasteiger partial charge in [-0.3, -0.25) is 0 Å². The van der Waals surface area contributed by atoms with E-state index < -0.39 is 0 Å². The van der Waals surface area contributed by atoms with Gasteiger partial charge >= 0.3 is 0 Å². The molecular weight excluding hydrogens is 252 g/mol. The number of hydrogen-bond donors (Lipinski definition) is 2. The topological polar surface area (TPSA) is 24.1 Å². The van der Waals surface area contributed by atoms with E-state index in [0.29, 0.717) is 6.04 Å². The average molecular weight is 280 g/mol. The number of fused-ring (bicyclic) bond motifs is 1. The van der Waals surface area contributed by atoms with Gasteiger partial charge in [0.05, 0.1) is 0 Å². The van der Waals surface area contributed by atoms with Crippen molar-refractivity contribution in [2.24, 2.45) is 5.92 Å². The van der Waals surface area contributed by atoms with E-state index in [4.69, 9.17) is 0 Å². The van der Waals surface area contributed by atoms with Crippen molar-refractivity contribution in [1.82, 2.24) is 10.6 Å². The minimum absolute atomic E-state index is 0.558. The van der Waals surface area contributed by atoms with Crippen LogP contribution in [0.25, 0.3) is 0 Å². The molecule has 0 aliphatic heterocycles. The van der Waals surface area contributed by atoms with Gasteiger partial charge in [-0.15, -0.1) is 11.3 Å². The Bertz CT molecular complexity index is 373. The second-order valence-corrected chi connectivity index (χ2v) is 7.25. The maximum atomic E-state index is 3.70. The van der Waals surface area contributed by atoms with Crippen molar-refractivity contribution in [3.8, 4) is 0 Å². The molecule has 0 radical (unpaired) electrons.